The van der Waals surface area contributed by atoms with Crippen molar-refractivity contribution in [3.63, 3.8) is 0 Å². The molecule has 0 N–H and O–H groups in total. The smallest absolute Gasteiger partial charge is 0.258 e. The number of anilines is 1. The van der Waals surface area contributed by atoms with Crippen LogP contribution in [0.2, 0.25) is 0 Å². The van der Waals surface area contributed by atoms with Crippen LogP contribution in [-0.4, -0.2) is 45.5 Å². The molecule has 0 saturated carbocycles. The number of nitrogens with zero attached hydrogens (tertiary/aromatic N) is 2. The summed E-state index contributed by atoms with van der Waals surface area (Å²) in [7, 11) is 13.7. The normalized spacial score (nSPS) is 20.0. The highest BCUT2D eigenvalue weighted by atomic mass is 31.1. The van der Waals surface area contributed by atoms with E-state index >= 15 is 0 Å². The molecule has 0 bridgehead atoms. The lowest BCUT2D eigenvalue weighted by atomic mass is 9.87. The maximum absolute atomic E-state index is 13.4. The molecule has 3 unspecified atom stereocenters. The zero-order valence-corrected chi connectivity index (χ0v) is 20.5. The van der Waals surface area contributed by atoms with E-state index in [0.29, 0.717) is 12.5 Å². The van der Waals surface area contributed by atoms with E-state index in [2.05, 4.69) is 35.5 Å². The first-order chi connectivity index (χ1) is 14.9. The predicted octanol–water partition coefficient (Wildman–Crippen LogP) is 4.12. The minimum atomic E-state index is -0.676. The van der Waals surface area contributed by atoms with E-state index in [-0.39, 0.29) is 5.91 Å². The number of benzene rings is 2. The standard InChI is InChI=1S/C24H31BN2O2P2/c1-29-16-17-7-5-6-10-26(13-17)14-18-11-20-21(22(12-18)24(25,30)31)15-27(23(20)28)19-8-3-2-4-9-19/h2-4,8-9,11-12,17H,5-7,10,13-16,30-31H2,1H3. The van der Waals surface area contributed by atoms with Gasteiger partial charge in [0, 0.05) is 31.5 Å². The minimum absolute atomic E-state index is 0.0525. The van der Waals surface area contributed by atoms with Gasteiger partial charge in [0.1, 0.15) is 0 Å². The summed E-state index contributed by atoms with van der Waals surface area (Å²) in [6, 6.07) is 14.1. The first-order valence-electron chi connectivity index (χ1n) is 11.0. The van der Waals surface area contributed by atoms with Crippen LogP contribution in [0.3, 0.4) is 0 Å². The van der Waals surface area contributed by atoms with E-state index in [4.69, 9.17) is 12.6 Å². The summed E-state index contributed by atoms with van der Waals surface area (Å²) in [5, 5.41) is 0. The average molecular weight is 452 g/mol. The van der Waals surface area contributed by atoms with Crippen LogP contribution in [0, 0.1) is 5.92 Å². The predicted molar refractivity (Wildman–Crippen MR) is 135 cm³/mol. The summed E-state index contributed by atoms with van der Waals surface area (Å²) in [6.45, 7) is 4.28. The Balaban J connectivity index is 1.64. The van der Waals surface area contributed by atoms with Crippen molar-refractivity contribution in [2.45, 2.75) is 37.1 Å². The largest absolute Gasteiger partial charge is 0.384 e. The van der Waals surface area contributed by atoms with E-state index in [1.165, 1.54) is 19.3 Å². The van der Waals surface area contributed by atoms with Crippen molar-refractivity contribution in [2.75, 3.05) is 31.7 Å². The molecule has 0 aromatic heterocycles. The Bertz CT molecular complexity index is 933. The third-order valence-electron chi connectivity index (χ3n) is 6.30. The first kappa shape index (κ1) is 22.9. The molecular formula is C24H31BN2O2P2. The van der Waals surface area contributed by atoms with Crippen molar-refractivity contribution in [1.29, 1.82) is 0 Å². The molecule has 2 aromatic rings. The molecule has 31 heavy (non-hydrogen) atoms. The van der Waals surface area contributed by atoms with Crippen molar-refractivity contribution in [2.24, 2.45) is 5.92 Å². The van der Waals surface area contributed by atoms with Crippen molar-refractivity contribution in [1.82, 2.24) is 4.90 Å². The molecular weight excluding hydrogens is 421 g/mol. The summed E-state index contributed by atoms with van der Waals surface area (Å²) < 4.78 is 5.43. The fraction of sp³-hybridized carbons (Fsp3) is 0.458. The Morgan fingerprint density at radius 2 is 1.97 bits per heavy atom. The molecule has 4 nitrogen and oxygen atoms in total. The van der Waals surface area contributed by atoms with E-state index in [9.17, 15) is 4.79 Å². The van der Waals surface area contributed by atoms with Crippen molar-refractivity contribution in [3.05, 3.63) is 64.7 Å². The fourth-order valence-corrected chi connectivity index (χ4v) is 5.37. The van der Waals surface area contributed by atoms with Gasteiger partial charge in [-0.25, -0.2) is 0 Å². The second kappa shape index (κ2) is 9.71. The van der Waals surface area contributed by atoms with Gasteiger partial charge >= 0.3 is 0 Å². The lowest BCUT2D eigenvalue weighted by Gasteiger charge is -2.27. The van der Waals surface area contributed by atoms with Gasteiger partial charge in [0.05, 0.1) is 21.0 Å². The molecule has 4 rings (SSSR count). The minimum Gasteiger partial charge on any atom is -0.384 e. The van der Waals surface area contributed by atoms with Gasteiger partial charge in [-0.15, -0.1) is 18.5 Å². The Labute approximate surface area is 191 Å². The van der Waals surface area contributed by atoms with Gasteiger partial charge in [-0.3, -0.25) is 9.69 Å². The van der Waals surface area contributed by atoms with Crippen LogP contribution in [0.4, 0.5) is 5.69 Å². The van der Waals surface area contributed by atoms with E-state index in [1.54, 1.807) is 7.11 Å². The highest BCUT2D eigenvalue weighted by Crippen LogP contribution is 2.42. The number of ether oxygens (including phenoxy) is 1. The highest BCUT2D eigenvalue weighted by Gasteiger charge is 2.34. The Morgan fingerprint density at radius 3 is 2.68 bits per heavy atom. The Hall–Kier alpha value is -1.25. The van der Waals surface area contributed by atoms with Gasteiger partial charge in [0.25, 0.3) is 5.91 Å². The van der Waals surface area contributed by atoms with Gasteiger partial charge in [0.2, 0.25) is 0 Å². The van der Waals surface area contributed by atoms with Crippen LogP contribution < -0.4 is 4.90 Å². The highest BCUT2D eigenvalue weighted by molar-refractivity contribution is 7.43. The lowest BCUT2D eigenvalue weighted by molar-refractivity contribution is 0.0996. The number of rotatable bonds is 6. The monoisotopic (exact) mass is 452 g/mol. The number of methoxy groups -OCH3 is 1. The molecule has 2 aliphatic rings. The van der Waals surface area contributed by atoms with Crippen LogP contribution in [0.1, 0.15) is 46.3 Å². The first-order valence-corrected chi connectivity index (χ1v) is 12.1. The number of likely N-dealkylation sites (tertiary alicyclic amines) is 1. The van der Waals surface area contributed by atoms with Gasteiger partial charge in [-0.05, 0) is 65.0 Å². The van der Waals surface area contributed by atoms with Crippen LogP contribution in [0.25, 0.3) is 0 Å². The van der Waals surface area contributed by atoms with E-state index in [0.717, 1.165) is 54.2 Å². The topological polar surface area (TPSA) is 32.8 Å². The Morgan fingerprint density at radius 1 is 1.19 bits per heavy atom. The lowest BCUT2D eigenvalue weighted by Crippen LogP contribution is -2.30. The van der Waals surface area contributed by atoms with Crippen LogP contribution in [0.15, 0.2) is 42.5 Å². The zero-order valence-electron chi connectivity index (χ0n) is 18.2. The molecule has 1 fully saturated rings. The molecule has 2 aromatic carbocycles. The number of para-hydroxylation sites is 1. The average Bonchev–Trinajstić information content (AvgIpc) is 2.91. The quantitative estimate of drug-likeness (QED) is 0.489. The zero-order chi connectivity index (χ0) is 22.0. The Kier molecular flexibility index (Phi) is 7.18. The van der Waals surface area contributed by atoms with Crippen molar-refractivity contribution in [3.8, 4) is 0 Å². The molecule has 162 valence electrons. The van der Waals surface area contributed by atoms with Crippen LogP contribution in [-0.2, 0) is 22.6 Å². The molecule has 0 aliphatic carbocycles. The number of carbonyl (C=O) groups is 1. The molecule has 3 atom stereocenters. The van der Waals surface area contributed by atoms with Crippen molar-refractivity contribution < 1.29 is 9.53 Å². The van der Waals surface area contributed by atoms with Crippen molar-refractivity contribution >= 4 is 37.9 Å². The molecule has 1 amide bonds. The summed E-state index contributed by atoms with van der Waals surface area (Å²) in [5.74, 6) is 0.616. The molecule has 2 aliphatic heterocycles. The number of fused-ring (bicyclic) bond motifs is 1. The number of carbonyl (C=O) groups excluding carboxylic acids is 1. The maximum atomic E-state index is 13.4. The maximum Gasteiger partial charge on any atom is 0.258 e. The number of hydrogen-bond acceptors (Lipinski definition) is 3. The second-order valence-corrected chi connectivity index (χ2v) is 11.5. The fourth-order valence-electron chi connectivity index (χ4n) is 4.85. The second-order valence-electron chi connectivity index (χ2n) is 8.88. The third-order valence-corrected chi connectivity index (χ3v) is 6.92. The summed E-state index contributed by atoms with van der Waals surface area (Å²) in [4.78, 5) is 17.0. The van der Waals surface area contributed by atoms with Crippen LogP contribution in [0.5, 0.6) is 0 Å². The molecule has 1 saturated heterocycles. The molecule has 7 heteroatoms. The van der Waals surface area contributed by atoms with Crippen LogP contribution >= 0.6 is 18.5 Å². The van der Waals surface area contributed by atoms with E-state index < -0.39 is 4.80 Å². The molecule has 2 heterocycles. The summed E-state index contributed by atoms with van der Waals surface area (Å²) in [6.07, 6.45) is 3.66. The summed E-state index contributed by atoms with van der Waals surface area (Å²) >= 11 is 0. The number of hydrogen-bond donors (Lipinski definition) is 0. The molecule has 2 radical (unpaired) electrons. The van der Waals surface area contributed by atoms with E-state index in [1.807, 2.05) is 35.2 Å². The van der Waals surface area contributed by atoms with Gasteiger partial charge in [0.15, 0.2) is 0 Å². The molecule has 0 spiro atoms. The van der Waals surface area contributed by atoms with Gasteiger partial charge in [-0.2, -0.15) is 0 Å². The van der Waals surface area contributed by atoms with Gasteiger partial charge < -0.3 is 9.64 Å². The number of amides is 1. The third kappa shape index (κ3) is 5.23. The SMILES string of the molecule is [B]C(P)(P)c1cc(CN2CCCCC(COC)C2)cc2c1CN(c1ccccc1)C2=O. The summed E-state index contributed by atoms with van der Waals surface area (Å²) in [5.41, 5.74) is 4.87. The van der Waals surface area contributed by atoms with Gasteiger partial charge in [-0.1, -0.05) is 30.7 Å².